The van der Waals surface area contributed by atoms with Gasteiger partial charge in [-0.1, -0.05) is 11.8 Å². The van der Waals surface area contributed by atoms with Gasteiger partial charge in [-0.15, -0.1) is 23.4 Å². The summed E-state index contributed by atoms with van der Waals surface area (Å²) in [5.74, 6) is 1.26. The highest BCUT2D eigenvalue weighted by Gasteiger charge is 2.09. The minimum atomic E-state index is -0.426. The first-order valence-corrected chi connectivity index (χ1v) is 9.07. The number of aromatic amines is 1. The van der Waals surface area contributed by atoms with Gasteiger partial charge in [0, 0.05) is 40.3 Å². The number of nitro groups is 1. The van der Waals surface area contributed by atoms with Crippen LogP contribution in [0.15, 0.2) is 45.2 Å². The highest BCUT2D eigenvalue weighted by molar-refractivity contribution is 8.00. The summed E-state index contributed by atoms with van der Waals surface area (Å²) in [6.07, 6.45) is 0. The van der Waals surface area contributed by atoms with Crippen molar-refractivity contribution in [3.8, 4) is 0 Å². The maximum Gasteiger partial charge on any atom is 0.269 e. The third kappa shape index (κ3) is 5.89. The van der Waals surface area contributed by atoms with Crippen LogP contribution < -0.4 is 5.56 Å². The molecule has 0 saturated carbocycles. The lowest BCUT2D eigenvalue weighted by atomic mass is 10.3. The number of alkyl halides is 1. The van der Waals surface area contributed by atoms with Crippen molar-refractivity contribution < 1.29 is 4.92 Å². The van der Waals surface area contributed by atoms with Crippen LogP contribution in [0.1, 0.15) is 5.69 Å². The number of hydrogen-bond donors (Lipinski definition) is 1. The fraction of sp³-hybridized carbons (Fsp3) is 0.286. The van der Waals surface area contributed by atoms with Gasteiger partial charge in [0.1, 0.15) is 0 Å². The highest BCUT2D eigenvalue weighted by Crippen LogP contribution is 2.25. The molecule has 6 nitrogen and oxygen atoms in total. The highest BCUT2D eigenvalue weighted by atomic mass is 35.5. The van der Waals surface area contributed by atoms with Gasteiger partial charge < -0.3 is 4.98 Å². The third-order valence-electron chi connectivity index (χ3n) is 2.73. The van der Waals surface area contributed by atoms with Gasteiger partial charge in [0.05, 0.1) is 10.3 Å². The van der Waals surface area contributed by atoms with E-state index in [4.69, 9.17) is 11.6 Å². The smallest absolute Gasteiger partial charge is 0.269 e. The van der Waals surface area contributed by atoms with E-state index in [1.54, 1.807) is 19.1 Å². The molecule has 2 aromatic rings. The van der Waals surface area contributed by atoms with Crippen molar-refractivity contribution in [3.63, 3.8) is 0 Å². The van der Waals surface area contributed by atoms with E-state index >= 15 is 0 Å². The number of thioether (sulfide) groups is 2. The van der Waals surface area contributed by atoms with Crippen LogP contribution in [0, 0.1) is 17.0 Å². The lowest BCUT2D eigenvalue weighted by Crippen LogP contribution is -2.11. The molecule has 0 amide bonds. The summed E-state index contributed by atoms with van der Waals surface area (Å²) in [7, 11) is 0. The Hall–Kier alpha value is -1.51. The number of halogens is 1. The largest absolute Gasteiger partial charge is 0.301 e. The lowest BCUT2D eigenvalue weighted by molar-refractivity contribution is -0.384. The number of nitrogens with one attached hydrogen (secondary N) is 1. The average molecular weight is 372 g/mol. The maximum atomic E-state index is 11.3. The summed E-state index contributed by atoms with van der Waals surface area (Å²) in [5.41, 5.74) is 0.566. The van der Waals surface area contributed by atoms with E-state index in [0.29, 0.717) is 22.4 Å². The summed E-state index contributed by atoms with van der Waals surface area (Å²) >= 11 is 9.20. The molecular weight excluding hydrogens is 358 g/mol. The molecular formula is C14H14ClN3O3S2. The zero-order valence-electron chi connectivity index (χ0n) is 12.2. The van der Waals surface area contributed by atoms with Crippen LogP contribution in [0.25, 0.3) is 0 Å². The molecule has 0 radical (unpaired) electrons. The number of rotatable bonds is 7. The minimum Gasteiger partial charge on any atom is -0.301 e. The number of aromatic nitrogens is 2. The first-order valence-electron chi connectivity index (χ1n) is 6.66. The zero-order valence-corrected chi connectivity index (χ0v) is 14.6. The molecule has 1 unspecified atom stereocenters. The molecule has 1 aromatic carbocycles. The Labute approximate surface area is 146 Å². The van der Waals surface area contributed by atoms with Crippen LogP contribution in [0.4, 0.5) is 5.69 Å². The van der Waals surface area contributed by atoms with Gasteiger partial charge >= 0.3 is 0 Å². The molecule has 1 aromatic heterocycles. The molecule has 1 atom stereocenters. The van der Waals surface area contributed by atoms with Crippen LogP contribution in [0.3, 0.4) is 0 Å². The van der Waals surface area contributed by atoms with E-state index in [0.717, 1.165) is 4.90 Å². The van der Waals surface area contributed by atoms with Crippen molar-refractivity contribution in [3.05, 3.63) is 56.5 Å². The molecule has 0 aliphatic heterocycles. The number of nitrogens with zero attached hydrogens (tertiary/aromatic N) is 2. The predicted molar refractivity (Wildman–Crippen MR) is 93.8 cm³/mol. The lowest BCUT2D eigenvalue weighted by Gasteiger charge is -2.08. The second kappa shape index (κ2) is 8.37. The number of nitro benzene ring substituents is 1. The van der Waals surface area contributed by atoms with Gasteiger partial charge in [0.25, 0.3) is 11.2 Å². The van der Waals surface area contributed by atoms with E-state index in [1.165, 1.54) is 41.7 Å². The standard InChI is InChI=1S/C14H14ClN3O3S2/c1-9-6-13(19)17-14(16-9)23-8-10(15)7-22-12-4-2-11(3-5-12)18(20)21/h2-6,10H,7-8H2,1H3,(H,16,17,19). The molecule has 0 saturated heterocycles. The molecule has 23 heavy (non-hydrogen) atoms. The van der Waals surface area contributed by atoms with Gasteiger partial charge in [0.15, 0.2) is 5.16 Å². The normalized spacial score (nSPS) is 12.1. The van der Waals surface area contributed by atoms with Crippen LogP contribution >= 0.6 is 35.1 Å². The number of hydrogen-bond acceptors (Lipinski definition) is 6. The van der Waals surface area contributed by atoms with E-state index in [-0.39, 0.29) is 16.6 Å². The Kier molecular flexibility index (Phi) is 6.49. The molecule has 1 heterocycles. The molecule has 0 bridgehead atoms. The Morgan fingerprint density at radius 1 is 1.30 bits per heavy atom. The van der Waals surface area contributed by atoms with Gasteiger partial charge in [-0.3, -0.25) is 14.9 Å². The van der Waals surface area contributed by atoms with Crippen molar-refractivity contribution in [1.82, 2.24) is 9.97 Å². The molecule has 2 rings (SSSR count). The minimum absolute atomic E-state index is 0.0711. The Bertz CT molecular complexity index is 737. The van der Waals surface area contributed by atoms with Crippen LogP contribution in [0.5, 0.6) is 0 Å². The number of benzene rings is 1. The second-order valence-electron chi connectivity index (χ2n) is 4.66. The number of non-ortho nitro benzene ring substituents is 1. The Balaban J connectivity index is 1.81. The van der Waals surface area contributed by atoms with E-state index < -0.39 is 4.92 Å². The summed E-state index contributed by atoms with van der Waals surface area (Å²) in [6, 6.07) is 7.80. The zero-order chi connectivity index (χ0) is 16.8. The van der Waals surface area contributed by atoms with Crippen molar-refractivity contribution in [1.29, 1.82) is 0 Å². The quantitative estimate of drug-likeness (QED) is 0.263. The summed E-state index contributed by atoms with van der Waals surface area (Å²) < 4.78 is 0. The molecule has 0 fully saturated rings. The topological polar surface area (TPSA) is 88.9 Å². The molecule has 122 valence electrons. The van der Waals surface area contributed by atoms with Crippen molar-refractivity contribution >= 4 is 40.8 Å². The Morgan fingerprint density at radius 2 is 1.96 bits per heavy atom. The van der Waals surface area contributed by atoms with Crippen LogP contribution in [-0.4, -0.2) is 31.8 Å². The number of aryl methyl sites for hydroxylation is 1. The van der Waals surface area contributed by atoms with Crippen molar-refractivity contribution in [2.45, 2.75) is 22.4 Å². The number of H-pyrrole nitrogens is 1. The van der Waals surface area contributed by atoms with Crippen molar-refractivity contribution in [2.24, 2.45) is 0 Å². The molecule has 0 aliphatic carbocycles. The summed E-state index contributed by atoms with van der Waals surface area (Å²) in [4.78, 5) is 29.3. The fourth-order valence-corrected chi connectivity index (χ4v) is 3.87. The average Bonchev–Trinajstić information content (AvgIpc) is 2.50. The molecule has 9 heteroatoms. The van der Waals surface area contributed by atoms with Gasteiger partial charge in [0.2, 0.25) is 0 Å². The van der Waals surface area contributed by atoms with E-state index in [1.807, 2.05) is 0 Å². The molecule has 0 spiro atoms. The second-order valence-corrected chi connectivity index (χ2v) is 7.38. The summed E-state index contributed by atoms with van der Waals surface area (Å²) in [5, 5.41) is 11.0. The predicted octanol–water partition coefficient (Wildman–Crippen LogP) is 3.48. The maximum absolute atomic E-state index is 11.3. The van der Waals surface area contributed by atoms with Gasteiger partial charge in [-0.05, 0) is 19.1 Å². The monoisotopic (exact) mass is 371 g/mol. The van der Waals surface area contributed by atoms with Crippen molar-refractivity contribution in [2.75, 3.05) is 11.5 Å². The van der Waals surface area contributed by atoms with Crippen LogP contribution in [-0.2, 0) is 0 Å². The first kappa shape index (κ1) is 17.8. The van der Waals surface area contributed by atoms with E-state index in [2.05, 4.69) is 9.97 Å². The summed E-state index contributed by atoms with van der Waals surface area (Å²) in [6.45, 7) is 1.77. The Morgan fingerprint density at radius 3 is 2.57 bits per heavy atom. The third-order valence-corrected chi connectivity index (χ3v) is 5.61. The SMILES string of the molecule is Cc1cc(=O)[nH]c(SCC(Cl)CSc2ccc([N+](=O)[O-])cc2)n1. The van der Waals surface area contributed by atoms with Gasteiger partial charge in [-0.25, -0.2) is 4.98 Å². The molecule has 0 aliphatic rings. The first-order chi connectivity index (χ1) is 10.9. The fourth-order valence-electron chi connectivity index (χ4n) is 1.69. The van der Waals surface area contributed by atoms with Gasteiger partial charge in [-0.2, -0.15) is 0 Å². The van der Waals surface area contributed by atoms with E-state index in [9.17, 15) is 14.9 Å². The van der Waals surface area contributed by atoms with Crippen LogP contribution in [0.2, 0.25) is 0 Å². The molecule has 1 N–H and O–H groups in total.